The van der Waals surface area contributed by atoms with Crippen LogP contribution in [0.2, 0.25) is 0 Å². The highest BCUT2D eigenvalue weighted by Gasteiger charge is 2.50. The monoisotopic (exact) mass is 434 g/mol. The lowest BCUT2D eigenvalue weighted by molar-refractivity contribution is -0.0496. The number of benzene rings is 1. The van der Waals surface area contributed by atoms with Gasteiger partial charge in [0.25, 0.3) is 0 Å². The van der Waals surface area contributed by atoms with Gasteiger partial charge >= 0.3 is 15.5 Å². The van der Waals surface area contributed by atoms with E-state index in [1.165, 1.54) is 11.1 Å². The lowest BCUT2D eigenvalue weighted by atomic mass is 9.98. The van der Waals surface area contributed by atoms with Crippen molar-refractivity contribution in [2.75, 3.05) is 32.7 Å². The van der Waals surface area contributed by atoms with Crippen molar-refractivity contribution in [3.8, 4) is 0 Å². The molecule has 0 saturated carbocycles. The average Bonchev–Trinajstić information content (AvgIpc) is 2.67. The number of nitrogens with one attached hydrogen (secondary N) is 2. The molecule has 10 heteroatoms. The first-order valence-corrected chi connectivity index (χ1v) is 11.2. The molecule has 1 aromatic rings. The zero-order valence-corrected chi connectivity index (χ0v) is 17.6. The molecule has 0 amide bonds. The fourth-order valence-corrected chi connectivity index (χ4v) is 4.11. The van der Waals surface area contributed by atoms with E-state index in [9.17, 15) is 21.6 Å². The molecule has 0 atom stereocenters. The summed E-state index contributed by atoms with van der Waals surface area (Å²) >= 11 is 0. The Morgan fingerprint density at radius 1 is 1.17 bits per heavy atom. The molecule has 2 rings (SSSR count). The van der Waals surface area contributed by atoms with Crippen LogP contribution in [-0.2, 0) is 16.4 Å². The van der Waals surface area contributed by atoms with Gasteiger partial charge in [-0.15, -0.1) is 0 Å². The molecule has 0 aliphatic carbocycles. The molecule has 1 aromatic carbocycles. The van der Waals surface area contributed by atoms with Crippen molar-refractivity contribution in [3.05, 3.63) is 35.4 Å². The van der Waals surface area contributed by atoms with Gasteiger partial charge in [0.2, 0.25) is 0 Å². The molecule has 1 aliphatic heterocycles. The van der Waals surface area contributed by atoms with Gasteiger partial charge < -0.3 is 10.6 Å². The van der Waals surface area contributed by atoms with Gasteiger partial charge in [0.05, 0.1) is 0 Å². The number of aryl methyl sites for hydroxylation is 1. The van der Waals surface area contributed by atoms with Crippen molar-refractivity contribution in [3.63, 3.8) is 0 Å². The molecular weight excluding hydrogens is 405 g/mol. The largest absolute Gasteiger partial charge is 0.511 e. The molecule has 0 radical (unpaired) electrons. The van der Waals surface area contributed by atoms with E-state index in [2.05, 4.69) is 39.9 Å². The van der Waals surface area contributed by atoms with E-state index in [-0.39, 0.29) is 19.0 Å². The Kier molecular flexibility index (Phi) is 8.33. The highest BCUT2D eigenvalue weighted by Crippen LogP contribution is 2.30. The molecule has 0 spiro atoms. The van der Waals surface area contributed by atoms with Gasteiger partial charge in [0, 0.05) is 32.7 Å². The highest BCUT2D eigenvalue weighted by molar-refractivity contribution is 7.90. The molecule has 0 unspecified atom stereocenters. The second-order valence-corrected chi connectivity index (χ2v) is 9.10. The minimum absolute atomic E-state index is 0.0576. The van der Waals surface area contributed by atoms with E-state index < -0.39 is 15.5 Å². The Bertz CT molecular complexity index is 772. The zero-order chi connectivity index (χ0) is 21.5. The predicted molar refractivity (Wildman–Crippen MR) is 108 cm³/mol. The molecule has 0 bridgehead atoms. The predicted octanol–water partition coefficient (Wildman–Crippen LogP) is 2.65. The standard InChI is InChI=1S/C19H29F3N4O2S/c1-3-23-18(24-11-8-16-6-4-15(2)5-7-16)25-14-17-9-12-26(13-10-17)29(27,28)19(20,21)22/h4-7,17H,3,8-14H2,1-2H3,(H2,23,24,25). The maximum atomic E-state index is 12.6. The van der Waals surface area contributed by atoms with Gasteiger partial charge in [0.1, 0.15) is 0 Å². The van der Waals surface area contributed by atoms with E-state index in [0.717, 1.165) is 6.42 Å². The van der Waals surface area contributed by atoms with Crippen molar-refractivity contribution in [1.29, 1.82) is 0 Å². The first-order valence-electron chi connectivity index (χ1n) is 9.77. The van der Waals surface area contributed by atoms with Crippen molar-refractivity contribution in [2.24, 2.45) is 10.9 Å². The summed E-state index contributed by atoms with van der Waals surface area (Å²) in [7, 11) is -5.23. The molecule has 2 N–H and O–H groups in total. The number of halogens is 3. The zero-order valence-electron chi connectivity index (χ0n) is 16.8. The van der Waals surface area contributed by atoms with Gasteiger partial charge in [-0.3, -0.25) is 4.99 Å². The maximum Gasteiger partial charge on any atom is 0.511 e. The third kappa shape index (κ3) is 6.88. The number of aliphatic imine (C=N–C) groups is 1. The van der Waals surface area contributed by atoms with Crippen LogP contribution in [0.3, 0.4) is 0 Å². The van der Waals surface area contributed by atoms with E-state index in [1.807, 2.05) is 13.8 Å². The van der Waals surface area contributed by atoms with Crippen LogP contribution in [0.15, 0.2) is 29.3 Å². The normalized spacial score (nSPS) is 17.3. The topological polar surface area (TPSA) is 73.8 Å². The van der Waals surface area contributed by atoms with Crippen molar-refractivity contribution < 1.29 is 21.6 Å². The van der Waals surface area contributed by atoms with E-state index in [0.29, 0.717) is 42.7 Å². The number of nitrogens with zero attached hydrogens (tertiary/aromatic N) is 2. The van der Waals surface area contributed by atoms with Crippen LogP contribution in [0.25, 0.3) is 0 Å². The lowest BCUT2D eigenvalue weighted by Crippen LogP contribution is -2.45. The highest BCUT2D eigenvalue weighted by atomic mass is 32.2. The summed E-state index contributed by atoms with van der Waals surface area (Å²) in [5, 5.41) is 6.41. The number of hydrogen-bond acceptors (Lipinski definition) is 3. The number of piperidine rings is 1. The molecule has 164 valence electrons. The minimum Gasteiger partial charge on any atom is -0.357 e. The Hall–Kier alpha value is -1.81. The number of hydrogen-bond donors (Lipinski definition) is 2. The summed E-state index contributed by atoms with van der Waals surface area (Å²) in [4.78, 5) is 4.52. The quantitative estimate of drug-likeness (QED) is 0.511. The number of alkyl halides is 3. The summed E-state index contributed by atoms with van der Waals surface area (Å²) in [6, 6.07) is 8.31. The molecule has 1 fully saturated rings. The average molecular weight is 435 g/mol. The Labute approximate surface area is 170 Å². The first-order chi connectivity index (χ1) is 13.6. The summed E-state index contributed by atoms with van der Waals surface area (Å²) < 4.78 is 61.4. The molecular formula is C19H29F3N4O2S. The van der Waals surface area contributed by atoms with Crippen LogP contribution in [0.4, 0.5) is 13.2 Å². The van der Waals surface area contributed by atoms with Gasteiger partial charge in [-0.25, -0.2) is 8.42 Å². The minimum atomic E-state index is -5.24. The number of guanidine groups is 1. The molecule has 1 saturated heterocycles. The summed E-state index contributed by atoms with van der Waals surface area (Å²) in [5.74, 6) is 0.715. The summed E-state index contributed by atoms with van der Waals surface area (Å²) in [6.07, 6.45) is 1.57. The molecule has 1 aliphatic rings. The SMILES string of the molecule is CCNC(=NCC1CCN(S(=O)(=O)C(F)(F)F)CC1)NCCc1ccc(C)cc1. The Morgan fingerprint density at radius 2 is 1.79 bits per heavy atom. The molecule has 0 aromatic heterocycles. The van der Waals surface area contributed by atoms with Gasteiger partial charge in [-0.2, -0.15) is 17.5 Å². The second kappa shape index (κ2) is 10.3. The van der Waals surface area contributed by atoms with Crippen molar-refractivity contribution >= 4 is 16.0 Å². The maximum absolute atomic E-state index is 12.6. The van der Waals surface area contributed by atoms with E-state index in [4.69, 9.17) is 0 Å². The number of sulfonamides is 1. The van der Waals surface area contributed by atoms with Gasteiger partial charge in [-0.1, -0.05) is 29.8 Å². The van der Waals surface area contributed by atoms with Crippen LogP contribution >= 0.6 is 0 Å². The third-order valence-corrected chi connectivity index (χ3v) is 6.51. The summed E-state index contributed by atoms with van der Waals surface area (Å²) in [6.45, 7) is 5.59. The van der Waals surface area contributed by atoms with Crippen LogP contribution in [0, 0.1) is 12.8 Å². The Balaban J connectivity index is 1.82. The van der Waals surface area contributed by atoms with Crippen LogP contribution in [0.5, 0.6) is 0 Å². The molecule has 6 nitrogen and oxygen atoms in total. The van der Waals surface area contributed by atoms with Crippen LogP contribution < -0.4 is 10.6 Å². The van der Waals surface area contributed by atoms with E-state index in [1.54, 1.807) is 0 Å². The van der Waals surface area contributed by atoms with Crippen molar-refractivity contribution in [2.45, 2.75) is 38.6 Å². The lowest BCUT2D eigenvalue weighted by Gasteiger charge is -2.30. The van der Waals surface area contributed by atoms with Gasteiger partial charge in [-0.05, 0) is 44.6 Å². The Morgan fingerprint density at radius 3 is 2.34 bits per heavy atom. The van der Waals surface area contributed by atoms with E-state index >= 15 is 0 Å². The third-order valence-electron chi connectivity index (χ3n) is 4.88. The molecule has 29 heavy (non-hydrogen) atoms. The number of rotatable bonds is 7. The first kappa shape index (κ1) is 23.5. The fourth-order valence-electron chi connectivity index (χ4n) is 3.12. The fraction of sp³-hybridized carbons (Fsp3) is 0.632. The van der Waals surface area contributed by atoms with Crippen molar-refractivity contribution in [1.82, 2.24) is 14.9 Å². The van der Waals surface area contributed by atoms with Crippen LogP contribution in [0.1, 0.15) is 30.9 Å². The second-order valence-electron chi connectivity index (χ2n) is 7.18. The summed E-state index contributed by atoms with van der Waals surface area (Å²) in [5.41, 5.74) is -2.81. The van der Waals surface area contributed by atoms with Gasteiger partial charge in [0.15, 0.2) is 5.96 Å². The molecule has 1 heterocycles. The van der Waals surface area contributed by atoms with Crippen LogP contribution in [-0.4, -0.2) is 56.9 Å². The smallest absolute Gasteiger partial charge is 0.357 e.